The molecule has 0 radical (unpaired) electrons. The van der Waals surface area contributed by atoms with Gasteiger partial charge in [-0.15, -0.1) is 20.4 Å². The summed E-state index contributed by atoms with van der Waals surface area (Å²) in [7, 11) is 0. The van der Waals surface area contributed by atoms with Gasteiger partial charge in [0.2, 0.25) is 0 Å². The second-order valence-electron chi connectivity index (χ2n) is 7.96. The Hall–Kier alpha value is -3.46. The van der Waals surface area contributed by atoms with E-state index < -0.39 is 6.17 Å². The molecule has 0 spiro atoms. The third-order valence-electron chi connectivity index (χ3n) is 5.81. The fourth-order valence-electron chi connectivity index (χ4n) is 4.18. The van der Waals surface area contributed by atoms with E-state index in [0.717, 1.165) is 0 Å². The number of nitrogens with zero attached hydrogens (tertiary/aromatic N) is 6. The van der Waals surface area contributed by atoms with Crippen LogP contribution in [0.3, 0.4) is 0 Å². The molecule has 9 heteroatoms. The maximum absolute atomic E-state index is 14.9. The van der Waals surface area contributed by atoms with Crippen LogP contribution in [0.4, 0.5) is 4.39 Å². The number of fused-ring (bicyclic) bond motifs is 2. The first-order chi connectivity index (χ1) is 14.4. The Morgan fingerprint density at radius 1 is 1.30 bits per heavy atom. The first kappa shape index (κ1) is 18.6. The van der Waals surface area contributed by atoms with Crippen LogP contribution in [0, 0.1) is 5.92 Å². The summed E-state index contributed by atoms with van der Waals surface area (Å²) in [6.45, 7) is 6.11. The standard InChI is InChI=1S/C21H20FN7O/c1-12(15-8-21(2)6-5-16(26-21)19(15)22)20-23-9-17(27-28-20)14-4-3-13(7-18(14)30)29-10-24-25-11-29/h3-7,9-11,15-16,19,26,30H,1,8H2,2H3/t15-,16-,19+,21+/m1/s1. The van der Waals surface area contributed by atoms with Crippen molar-refractivity contribution in [3.63, 3.8) is 0 Å². The zero-order valence-corrected chi connectivity index (χ0v) is 16.3. The van der Waals surface area contributed by atoms with E-state index in [9.17, 15) is 9.50 Å². The van der Waals surface area contributed by atoms with Crippen molar-refractivity contribution in [1.29, 1.82) is 0 Å². The van der Waals surface area contributed by atoms with Crippen molar-refractivity contribution in [2.24, 2.45) is 5.92 Å². The second kappa shape index (κ2) is 6.81. The minimum Gasteiger partial charge on any atom is -0.507 e. The maximum Gasteiger partial charge on any atom is 0.177 e. The molecule has 0 aliphatic carbocycles. The van der Waals surface area contributed by atoms with Crippen molar-refractivity contribution in [1.82, 2.24) is 35.3 Å². The first-order valence-corrected chi connectivity index (χ1v) is 9.62. The predicted molar refractivity (Wildman–Crippen MR) is 108 cm³/mol. The quantitative estimate of drug-likeness (QED) is 0.643. The molecule has 0 unspecified atom stereocenters. The van der Waals surface area contributed by atoms with E-state index in [0.29, 0.717) is 34.8 Å². The Morgan fingerprint density at radius 2 is 2.10 bits per heavy atom. The Balaban J connectivity index is 1.38. The number of nitrogens with one attached hydrogen (secondary N) is 1. The highest BCUT2D eigenvalue weighted by atomic mass is 19.1. The Labute approximate surface area is 172 Å². The van der Waals surface area contributed by atoms with E-state index in [2.05, 4.69) is 37.3 Å². The lowest BCUT2D eigenvalue weighted by molar-refractivity contribution is 0.146. The first-order valence-electron chi connectivity index (χ1n) is 9.62. The van der Waals surface area contributed by atoms with E-state index in [1.165, 1.54) is 18.9 Å². The SMILES string of the molecule is C=C(c1ncc(-c2ccc(-n3cnnc3)cc2O)nn1)[C@H]1C[C@]2(C)C=C[C@@H](N2)[C@H]1F. The molecule has 8 nitrogen and oxygen atoms in total. The summed E-state index contributed by atoms with van der Waals surface area (Å²) in [5, 5.41) is 29.6. The van der Waals surface area contributed by atoms with Gasteiger partial charge in [-0.2, -0.15) is 0 Å². The van der Waals surface area contributed by atoms with Crippen LogP contribution in [-0.4, -0.2) is 52.8 Å². The highest BCUT2D eigenvalue weighted by Gasteiger charge is 2.46. The monoisotopic (exact) mass is 405 g/mol. The van der Waals surface area contributed by atoms with Gasteiger partial charge in [0.05, 0.1) is 17.9 Å². The molecular weight excluding hydrogens is 385 g/mol. The summed E-state index contributed by atoms with van der Waals surface area (Å²) in [4.78, 5) is 4.35. The third-order valence-corrected chi connectivity index (χ3v) is 5.81. The highest BCUT2D eigenvalue weighted by Crippen LogP contribution is 2.41. The average Bonchev–Trinajstić information content (AvgIpc) is 3.39. The number of halogens is 1. The average molecular weight is 405 g/mol. The molecular formula is C21H20FN7O. The fraction of sp³-hybridized carbons (Fsp3) is 0.286. The molecule has 2 N–H and O–H groups in total. The van der Waals surface area contributed by atoms with Gasteiger partial charge in [-0.3, -0.25) is 9.88 Å². The maximum atomic E-state index is 14.9. The molecule has 152 valence electrons. The van der Waals surface area contributed by atoms with Gasteiger partial charge in [-0.05, 0) is 31.1 Å². The third kappa shape index (κ3) is 3.07. The van der Waals surface area contributed by atoms with Gasteiger partial charge < -0.3 is 5.11 Å². The number of aromatic hydroxyl groups is 1. The van der Waals surface area contributed by atoms with Crippen LogP contribution in [0.1, 0.15) is 19.2 Å². The predicted octanol–water partition coefficient (Wildman–Crippen LogP) is 2.48. The molecule has 4 heterocycles. The Kier molecular flexibility index (Phi) is 4.21. The molecule has 1 aromatic carbocycles. The van der Waals surface area contributed by atoms with E-state index in [1.807, 2.05) is 19.1 Å². The molecule has 1 saturated heterocycles. The highest BCUT2D eigenvalue weighted by molar-refractivity contribution is 5.68. The number of alkyl halides is 1. The Bertz CT molecular complexity index is 1130. The van der Waals surface area contributed by atoms with Crippen molar-refractivity contribution < 1.29 is 9.50 Å². The van der Waals surface area contributed by atoms with Gasteiger partial charge in [-0.25, -0.2) is 9.37 Å². The zero-order valence-electron chi connectivity index (χ0n) is 16.3. The Morgan fingerprint density at radius 3 is 2.80 bits per heavy atom. The number of hydrogen-bond acceptors (Lipinski definition) is 7. The van der Waals surface area contributed by atoms with Crippen LogP contribution in [0.25, 0.3) is 22.5 Å². The van der Waals surface area contributed by atoms with Crippen LogP contribution in [-0.2, 0) is 0 Å². The number of piperidine rings is 1. The molecule has 1 fully saturated rings. The molecule has 5 rings (SSSR count). The molecule has 3 aromatic rings. The normalized spacial score (nSPS) is 27.3. The van der Waals surface area contributed by atoms with Crippen LogP contribution >= 0.6 is 0 Å². The molecule has 0 amide bonds. The van der Waals surface area contributed by atoms with E-state index in [4.69, 9.17) is 0 Å². The van der Waals surface area contributed by atoms with E-state index >= 15 is 0 Å². The van der Waals surface area contributed by atoms with Gasteiger partial charge >= 0.3 is 0 Å². The summed E-state index contributed by atoms with van der Waals surface area (Å²) in [6.07, 6.45) is 7.98. The lowest BCUT2D eigenvalue weighted by atomic mass is 9.79. The van der Waals surface area contributed by atoms with Gasteiger partial charge in [-0.1, -0.05) is 18.7 Å². The van der Waals surface area contributed by atoms with Crippen molar-refractivity contribution in [3.8, 4) is 22.7 Å². The minimum absolute atomic E-state index is 0.0293. The number of benzene rings is 1. The van der Waals surface area contributed by atoms with Crippen LogP contribution in [0.5, 0.6) is 5.75 Å². The van der Waals surface area contributed by atoms with Crippen molar-refractivity contribution in [2.75, 3.05) is 0 Å². The number of aromatic nitrogens is 6. The number of rotatable bonds is 4. The zero-order chi connectivity index (χ0) is 20.9. The molecule has 2 bridgehead atoms. The number of hydrogen-bond donors (Lipinski definition) is 2. The van der Waals surface area contributed by atoms with Gasteiger partial charge in [0.25, 0.3) is 0 Å². The van der Waals surface area contributed by atoms with Crippen LogP contribution < -0.4 is 5.32 Å². The molecule has 2 aliphatic heterocycles. The number of allylic oxidation sites excluding steroid dienone is 1. The van der Waals surface area contributed by atoms with Crippen molar-refractivity contribution >= 4 is 5.57 Å². The van der Waals surface area contributed by atoms with Gasteiger partial charge in [0.1, 0.15) is 30.3 Å². The van der Waals surface area contributed by atoms with Crippen LogP contribution in [0.2, 0.25) is 0 Å². The molecule has 2 aromatic heterocycles. The molecule has 0 saturated carbocycles. The van der Waals surface area contributed by atoms with E-state index in [1.54, 1.807) is 22.8 Å². The minimum atomic E-state index is -1.10. The fourth-order valence-corrected chi connectivity index (χ4v) is 4.18. The summed E-state index contributed by atoms with van der Waals surface area (Å²) >= 11 is 0. The van der Waals surface area contributed by atoms with Crippen LogP contribution in [0.15, 0.2) is 55.8 Å². The lowest BCUT2D eigenvalue weighted by Gasteiger charge is -2.39. The number of phenols is 1. The topological polar surface area (TPSA) is 102 Å². The lowest BCUT2D eigenvalue weighted by Crippen LogP contribution is -2.54. The summed E-state index contributed by atoms with van der Waals surface area (Å²) < 4.78 is 16.6. The molecule has 4 atom stereocenters. The summed E-state index contributed by atoms with van der Waals surface area (Å²) in [5.41, 5.74) is 1.91. The van der Waals surface area contributed by atoms with Crippen molar-refractivity contribution in [2.45, 2.75) is 31.1 Å². The largest absolute Gasteiger partial charge is 0.507 e. The number of phenolic OH excluding ortho intramolecular Hbond substituents is 1. The molecule has 2 aliphatic rings. The second-order valence-corrected chi connectivity index (χ2v) is 7.96. The summed E-state index contributed by atoms with van der Waals surface area (Å²) in [5.74, 6) is -0.0427. The molecule has 30 heavy (non-hydrogen) atoms. The van der Waals surface area contributed by atoms with E-state index in [-0.39, 0.29) is 23.2 Å². The van der Waals surface area contributed by atoms with Gasteiger partial charge in [0.15, 0.2) is 5.82 Å². The smallest absolute Gasteiger partial charge is 0.177 e. The summed E-state index contributed by atoms with van der Waals surface area (Å²) in [6, 6.07) is 4.79. The van der Waals surface area contributed by atoms with Gasteiger partial charge in [0, 0.05) is 23.1 Å². The van der Waals surface area contributed by atoms with Crippen molar-refractivity contribution in [3.05, 3.63) is 61.6 Å².